The first-order chi connectivity index (χ1) is 15.4. The van der Waals surface area contributed by atoms with Crippen molar-refractivity contribution in [3.63, 3.8) is 0 Å². The molecule has 1 aliphatic heterocycles. The van der Waals surface area contributed by atoms with E-state index in [9.17, 15) is 19.5 Å². The Kier molecular flexibility index (Phi) is 6.41. The van der Waals surface area contributed by atoms with Crippen LogP contribution in [-0.4, -0.2) is 58.3 Å². The van der Waals surface area contributed by atoms with Crippen LogP contribution in [-0.2, 0) is 14.3 Å². The number of hydrogen-bond donors (Lipinski definition) is 2. The molecule has 2 aliphatic rings. The molecule has 1 aliphatic carbocycles. The number of aliphatic carboxylic acids is 1. The van der Waals surface area contributed by atoms with E-state index in [-0.39, 0.29) is 18.4 Å². The first-order valence-electron chi connectivity index (χ1n) is 10.6. The molecule has 1 saturated heterocycles. The van der Waals surface area contributed by atoms with Crippen molar-refractivity contribution < 1.29 is 24.2 Å². The fourth-order valence-corrected chi connectivity index (χ4v) is 5.48. The van der Waals surface area contributed by atoms with E-state index < -0.39 is 30.1 Å². The summed E-state index contributed by atoms with van der Waals surface area (Å²) in [5.41, 5.74) is 4.49. The number of ether oxygens (including phenoxy) is 1. The van der Waals surface area contributed by atoms with Crippen molar-refractivity contribution >= 4 is 29.7 Å². The minimum absolute atomic E-state index is 0.0762. The van der Waals surface area contributed by atoms with Gasteiger partial charge in [0, 0.05) is 11.7 Å². The van der Waals surface area contributed by atoms with Crippen molar-refractivity contribution in [2.24, 2.45) is 5.92 Å². The highest BCUT2D eigenvalue weighted by Gasteiger charge is 2.39. The monoisotopic (exact) mass is 454 g/mol. The lowest BCUT2D eigenvalue weighted by molar-refractivity contribution is -0.148. The maximum atomic E-state index is 13.0. The number of fused-ring (bicyclic) bond motifs is 3. The third-order valence-corrected chi connectivity index (χ3v) is 7.01. The Labute approximate surface area is 191 Å². The second-order valence-electron chi connectivity index (χ2n) is 8.35. The van der Waals surface area contributed by atoms with E-state index in [1.54, 1.807) is 0 Å². The van der Waals surface area contributed by atoms with Crippen molar-refractivity contribution in [3.05, 3.63) is 59.7 Å². The normalized spacial score (nSPS) is 18.2. The SMILES string of the molecule is CC(C)[C@@H](NC(=O)OCC1c2ccccc2-c2ccccc21)C(=O)N1CSCC1C(=O)O. The molecule has 2 atom stereocenters. The summed E-state index contributed by atoms with van der Waals surface area (Å²) in [7, 11) is 0. The summed E-state index contributed by atoms with van der Waals surface area (Å²) in [6, 6.07) is 14.4. The van der Waals surface area contributed by atoms with Crippen molar-refractivity contribution in [2.75, 3.05) is 18.2 Å². The Morgan fingerprint density at radius 3 is 2.25 bits per heavy atom. The van der Waals surface area contributed by atoms with Crippen LogP contribution in [0, 0.1) is 5.92 Å². The van der Waals surface area contributed by atoms with E-state index in [1.165, 1.54) is 16.7 Å². The maximum absolute atomic E-state index is 13.0. The van der Waals surface area contributed by atoms with E-state index >= 15 is 0 Å². The highest BCUT2D eigenvalue weighted by Crippen LogP contribution is 2.44. The molecule has 168 valence electrons. The van der Waals surface area contributed by atoms with E-state index in [4.69, 9.17) is 4.74 Å². The summed E-state index contributed by atoms with van der Waals surface area (Å²) >= 11 is 1.39. The average molecular weight is 455 g/mol. The van der Waals surface area contributed by atoms with Gasteiger partial charge in [-0.3, -0.25) is 4.79 Å². The zero-order chi connectivity index (χ0) is 22.8. The van der Waals surface area contributed by atoms with Crippen molar-refractivity contribution in [1.82, 2.24) is 10.2 Å². The van der Waals surface area contributed by atoms with Gasteiger partial charge in [0.25, 0.3) is 0 Å². The predicted molar refractivity (Wildman–Crippen MR) is 122 cm³/mol. The highest BCUT2D eigenvalue weighted by atomic mass is 32.2. The number of thioether (sulfide) groups is 1. The van der Waals surface area contributed by atoms with E-state index in [1.807, 2.05) is 50.2 Å². The Balaban J connectivity index is 1.44. The molecule has 2 aromatic carbocycles. The van der Waals surface area contributed by atoms with Gasteiger partial charge in [0.2, 0.25) is 5.91 Å². The van der Waals surface area contributed by atoms with Gasteiger partial charge in [-0.2, -0.15) is 0 Å². The van der Waals surface area contributed by atoms with Crippen molar-refractivity contribution in [1.29, 1.82) is 0 Å². The molecule has 0 spiro atoms. The molecule has 2 amide bonds. The third-order valence-electron chi connectivity index (χ3n) is 6.00. The fraction of sp³-hybridized carbons (Fsp3) is 0.375. The van der Waals surface area contributed by atoms with Gasteiger partial charge in [0.05, 0.1) is 5.88 Å². The lowest BCUT2D eigenvalue weighted by atomic mass is 9.98. The van der Waals surface area contributed by atoms with Crippen LogP contribution < -0.4 is 5.32 Å². The number of alkyl carbamates (subject to hydrolysis) is 1. The smallest absolute Gasteiger partial charge is 0.407 e. The number of carboxylic acid groups (broad SMARTS) is 1. The molecule has 2 N–H and O–H groups in total. The lowest BCUT2D eigenvalue weighted by Crippen LogP contribution is -2.54. The van der Waals surface area contributed by atoms with Crippen LogP contribution in [0.25, 0.3) is 11.1 Å². The number of nitrogens with zero attached hydrogens (tertiary/aromatic N) is 1. The van der Waals surface area contributed by atoms with Gasteiger partial charge in [0.15, 0.2) is 0 Å². The van der Waals surface area contributed by atoms with Gasteiger partial charge >= 0.3 is 12.1 Å². The zero-order valence-corrected chi connectivity index (χ0v) is 18.8. The fourth-order valence-electron chi connectivity index (χ4n) is 4.32. The predicted octanol–water partition coefficient (Wildman–Crippen LogP) is 3.54. The Morgan fingerprint density at radius 1 is 1.09 bits per heavy atom. The van der Waals surface area contributed by atoms with E-state index in [2.05, 4.69) is 17.4 Å². The highest BCUT2D eigenvalue weighted by molar-refractivity contribution is 7.99. The van der Waals surface area contributed by atoms with Crippen LogP contribution in [0.15, 0.2) is 48.5 Å². The number of carboxylic acids is 1. The number of carbonyl (C=O) groups excluding carboxylic acids is 2. The van der Waals surface area contributed by atoms with Gasteiger partial charge < -0.3 is 20.1 Å². The first-order valence-corrected chi connectivity index (χ1v) is 11.8. The van der Waals surface area contributed by atoms with Crippen LogP contribution in [0.1, 0.15) is 30.9 Å². The van der Waals surface area contributed by atoms with Crippen molar-refractivity contribution in [2.45, 2.75) is 31.8 Å². The van der Waals surface area contributed by atoms with Gasteiger partial charge in [-0.25, -0.2) is 9.59 Å². The number of rotatable bonds is 6. The molecule has 0 aromatic heterocycles. The summed E-state index contributed by atoms with van der Waals surface area (Å²) in [4.78, 5) is 38.4. The molecule has 4 rings (SSSR count). The number of benzene rings is 2. The Bertz CT molecular complexity index is 995. The minimum atomic E-state index is -1.04. The minimum Gasteiger partial charge on any atom is -0.480 e. The van der Waals surface area contributed by atoms with Gasteiger partial charge in [-0.05, 0) is 28.2 Å². The summed E-state index contributed by atoms with van der Waals surface area (Å²) in [5, 5.41) is 12.1. The Morgan fingerprint density at radius 2 is 1.69 bits per heavy atom. The van der Waals surface area contributed by atoms with Crippen LogP contribution in [0.2, 0.25) is 0 Å². The third kappa shape index (κ3) is 4.19. The maximum Gasteiger partial charge on any atom is 0.407 e. The van der Waals surface area contributed by atoms with E-state index in [0.29, 0.717) is 11.6 Å². The molecule has 1 unspecified atom stereocenters. The lowest BCUT2D eigenvalue weighted by Gasteiger charge is -2.28. The second kappa shape index (κ2) is 9.24. The summed E-state index contributed by atoms with van der Waals surface area (Å²) < 4.78 is 5.57. The molecule has 8 heteroatoms. The van der Waals surface area contributed by atoms with Gasteiger partial charge in [0.1, 0.15) is 18.7 Å². The molecular weight excluding hydrogens is 428 g/mol. The molecule has 32 heavy (non-hydrogen) atoms. The standard InChI is InChI=1S/C24H26N2O5S/c1-14(2)21(22(27)26-13-32-12-20(26)23(28)29)25-24(30)31-11-19-17-9-5-3-7-15(17)16-8-4-6-10-18(16)19/h3-10,14,19-21H,11-13H2,1-2H3,(H,25,30)(H,28,29)/t20?,21-/m1/s1. The van der Waals surface area contributed by atoms with Gasteiger partial charge in [-0.1, -0.05) is 62.4 Å². The average Bonchev–Trinajstić information content (AvgIpc) is 3.39. The molecule has 7 nitrogen and oxygen atoms in total. The Hall–Kier alpha value is -3.00. The summed E-state index contributed by atoms with van der Waals surface area (Å²) in [6.07, 6.45) is -0.683. The topological polar surface area (TPSA) is 95.9 Å². The van der Waals surface area contributed by atoms with E-state index in [0.717, 1.165) is 22.3 Å². The van der Waals surface area contributed by atoms with Crippen LogP contribution >= 0.6 is 11.8 Å². The van der Waals surface area contributed by atoms with Crippen molar-refractivity contribution in [3.8, 4) is 11.1 Å². The molecule has 0 saturated carbocycles. The summed E-state index contributed by atoms with van der Waals surface area (Å²) in [6.45, 7) is 3.77. The van der Waals surface area contributed by atoms with Crippen LogP contribution in [0.4, 0.5) is 4.79 Å². The molecule has 0 bridgehead atoms. The molecular formula is C24H26N2O5S. The largest absolute Gasteiger partial charge is 0.480 e. The first kappa shape index (κ1) is 22.2. The number of carbonyl (C=O) groups is 3. The van der Waals surface area contributed by atoms with Gasteiger partial charge in [-0.15, -0.1) is 11.8 Å². The quantitative estimate of drug-likeness (QED) is 0.693. The second-order valence-corrected chi connectivity index (χ2v) is 9.35. The molecule has 1 heterocycles. The number of amides is 2. The zero-order valence-electron chi connectivity index (χ0n) is 18.0. The molecule has 1 fully saturated rings. The number of nitrogens with one attached hydrogen (secondary N) is 1. The van der Waals surface area contributed by atoms with Crippen LogP contribution in [0.5, 0.6) is 0 Å². The molecule has 0 radical (unpaired) electrons. The summed E-state index contributed by atoms with van der Waals surface area (Å²) in [5.74, 6) is -1.09. The van der Waals surface area contributed by atoms with Crippen LogP contribution in [0.3, 0.4) is 0 Å². The molecule has 2 aromatic rings. The number of hydrogen-bond acceptors (Lipinski definition) is 5.